The topological polar surface area (TPSA) is 74.3 Å². The van der Waals surface area contributed by atoms with Crippen LogP contribution in [0.2, 0.25) is 5.02 Å². The minimum Gasteiger partial charge on any atom is -0.495 e. The summed E-state index contributed by atoms with van der Waals surface area (Å²) in [6.07, 6.45) is 1.52. The summed E-state index contributed by atoms with van der Waals surface area (Å²) in [6, 6.07) is 6.63. The number of anilines is 1. The van der Waals surface area contributed by atoms with Crippen molar-refractivity contribution in [2.45, 2.75) is 0 Å². The maximum atomic E-state index is 12.1. The third-order valence-electron chi connectivity index (χ3n) is 2.65. The number of benzene rings is 1. The van der Waals surface area contributed by atoms with Crippen molar-refractivity contribution in [1.29, 1.82) is 0 Å². The molecule has 1 heterocycles. The van der Waals surface area contributed by atoms with Crippen molar-refractivity contribution in [3.63, 3.8) is 0 Å². The fourth-order valence-electron chi connectivity index (χ4n) is 1.71. The number of ether oxygens (including phenoxy) is 1. The second-order valence-electron chi connectivity index (χ2n) is 4.06. The predicted octanol–water partition coefficient (Wildman–Crippen LogP) is 2.27. The third-order valence-corrected chi connectivity index (χ3v) is 2.87. The molecule has 0 aliphatic heterocycles. The number of aliphatic hydroxyl groups excluding tert-OH is 1. The van der Waals surface area contributed by atoms with Gasteiger partial charge in [-0.1, -0.05) is 23.4 Å². The summed E-state index contributed by atoms with van der Waals surface area (Å²) < 4.78 is 5.20. The fraction of sp³-hybridized carbons (Fsp3) is 0.133. The molecule has 5 nitrogen and oxygen atoms in total. The van der Waals surface area contributed by atoms with Crippen LogP contribution < -0.4 is 10.1 Å². The number of carbonyl (C=O) groups is 1. The highest BCUT2D eigenvalue weighted by atomic mass is 35.5. The SMILES string of the molecule is COc1ccc(C#CCO)cc1NC(=O)c1cc(Cl)c[nH]1. The number of aliphatic hydroxyl groups is 1. The molecule has 0 aliphatic rings. The molecule has 2 aromatic rings. The number of methoxy groups -OCH3 is 1. The van der Waals surface area contributed by atoms with E-state index < -0.39 is 0 Å². The Bertz CT molecular complexity index is 713. The Morgan fingerprint density at radius 2 is 2.29 bits per heavy atom. The molecule has 0 aliphatic carbocycles. The normalized spacial score (nSPS) is 9.67. The Morgan fingerprint density at radius 1 is 1.48 bits per heavy atom. The van der Waals surface area contributed by atoms with Gasteiger partial charge in [0.25, 0.3) is 5.91 Å². The monoisotopic (exact) mass is 304 g/mol. The number of aromatic nitrogens is 1. The van der Waals surface area contributed by atoms with Crippen LogP contribution >= 0.6 is 11.6 Å². The maximum absolute atomic E-state index is 12.1. The number of H-pyrrole nitrogens is 1. The van der Waals surface area contributed by atoms with E-state index in [9.17, 15) is 4.79 Å². The number of carbonyl (C=O) groups excluding carboxylic acids is 1. The molecule has 108 valence electrons. The Morgan fingerprint density at radius 3 is 2.90 bits per heavy atom. The molecule has 21 heavy (non-hydrogen) atoms. The average molecular weight is 305 g/mol. The van der Waals surface area contributed by atoms with Crippen LogP contribution in [0.1, 0.15) is 16.1 Å². The van der Waals surface area contributed by atoms with Crippen LogP contribution in [0.15, 0.2) is 30.5 Å². The standard InChI is InChI=1S/C15H13ClN2O3/c1-21-14-5-4-10(3-2-6-19)7-12(14)18-15(20)13-8-11(16)9-17-13/h4-5,7-9,17,19H,6H2,1H3,(H,18,20). The maximum Gasteiger partial charge on any atom is 0.272 e. The Kier molecular flexibility index (Phi) is 4.88. The van der Waals surface area contributed by atoms with Crippen LogP contribution in [0.3, 0.4) is 0 Å². The molecule has 3 N–H and O–H groups in total. The highest BCUT2D eigenvalue weighted by Crippen LogP contribution is 2.26. The molecule has 0 radical (unpaired) electrons. The predicted molar refractivity (Wildman–Crippen MR) is 80.7 cm³/mol. The molecule has 0 spiro atoms. The van der Waals surface area contributed by atoms with Crippen molar-refractivity contribution >= 4 is 23.2 Å². The number of nitrogens with one attached hydrogen (secondary N) is 2. The second kappa shape index (κ2) is 6.84. The summed E-state index contributed by atoms with van der Waals surface area (Å²) in [4.78, 5) is 14.9. The van der Waals surface area contributed by atoms with Gasteiger partial charge >= 0.3 is 0 Å². The van der Waals surface area contributed by atoms with Crippen LogP contribution in [0, 0.1) is 11.8 Å². The molecule has 0 saturated heterocycles. The molecule has 2 rings (SSSR count). The van der Waals surface area contributed by atoms with E-state index in [0.29, 0.717) is 27.7 Å². The van der Waals surface area contributed by atoms with Crippen LogP contribution in [0.25, 0.3) is 0 Å². The van der Waals surface area contributed by atoms with Crippen LogP contribution in [0.5, 0.6) is 5.75 Å². The highest BCUT2D eigenvalue weighted by Gasteiger charge is 2.11. The fourth-order valence-corrected chi connectivity index (χ4v) is 1.88. The molecule has 0 unspecified atom stereocenters. The largest absolute Gasteiger partial charge is 0.495 e. The Balaban J connectivity index is 2.26. The molecule has 1 aromatic carbocycles. The zero-order chi connectivity index (χ0) is 15.2. The lowest BCUT2D eigenvalue weighted by atomic mass is 10.2. The summed E-state index contributed by atoms with van der Waals surface area (Å²) in [5.74, 6) is 5.48. The Labute approximate surface area is 126 Å². The quantitative estimate of drug-likeness (QED) is 0.762. The van der Waals surface area contributed by atoms with E-state index in [4.69, 9.17) is 21.4 Å². The van der Waals surface area contributed by atoms with Crippen LogP contribution in [-0.2, 0) is 0 Å². The molecule has 0 saturated carbocycles. The van der Waals surface area contributed by atoms with Crippen molar-refractivity contribution in [1.82, 2.24) is 4.98 Å². The van der Waals surface area contributed by atoms with Gasteiger partial charge in [0.05, 0.1) is 17.8 Å². The molecule has 1 aromatic heterocycles. The van der Waals surface area contributed by atoms with E-state index >= 15 is 0 Å². The van der Waals surface area contributed by atoms with E-state index in [1.54, 1.807) is 18.2 Å². The molecule has 1 amide bonds. The van der Waals surface area contributed by atoms with E-state index in [0.717, 1.165) is 0 Å². The molecule has 0 atom stereocenters. The van der Waals surface area contributed by atoms with Gasteiger partial charge in [0, 0.05) is 11.8 Å². The number of hydrogen-bond acceptors (Lipinski definition) is 3. The zero-order valence-electron chi connectivity index (χ0n) is 11.2. The number of amides is 1. The molecular weight excluding hydrogens is 292 g/mol. The first kappa shape index (κ1) is 15.0. The lowest BCUT2D eigenvalue weighted by Crippen LogP contribution is -2.13. The van der Waals surface area contributed by atoms with Gasteiger partial charge in [-0.15, -0.1) is 0 Å². The molecule has 6 heteroatoms. The number of rotatable bonds is 3. The first-order valence-corrected chi connectivity index (χ1v) is 6.45. The van der Waals surface area contributed by atoms with Gasteiger partial charge < -0.3 is 20.1 Å². The summed E-state index contributed by atoms with van der Waals surface area (Å²) in [6.45, 7) is -0.227. The van der Waals surface area contributed by atoms with E-state index in [2.05, 4.69) is 22.1 Å². The lowest BCUT2D eigenvalue weighted by Gasteiger charge is -2.10. The minimum absolute atomic E-state index is 0.227. The van der Waals surface area contributed by atoms with Crippen LogP contribution in [-0.4, -0.2) is 29.7 Å². The smallest absolute Gasteiger partial charge is 0.272 e. The highest BCUT2D eigenvalue weighted by molar-refractivity contribution is 6.31. The van der Waals surface area contributed by atoms with Gasteiger partial charge in [0.1, 0.15) is 18.1 Å². The molecule has 0 fully saturated rings. The van der Waals surface area contributed by atoms with Gasteiger partial charge in [-0.05, 0) is 24.3 Å². The Hall–Kier alpha value is -2.42. The van der Waals surface area contributed by atoms with Gasteiger partial charge in [0.2, 0.25) is 0 Å². The first-order valence-electron chi connectivity index (χ1n) is 6.07. The van der Waals surface area contributed by atoms with E-state index in [1.807, 2.05) is 0 Å². The van der Waals surface area contributed by atoms with Gasteiger partial charge in [-0.2, -0.15) is 0 Å². The van der Waals surface area contributed by atoms with E-state index in [1.165, 1.54) is 19.4 Å². The average Bonchev–Trinajstić information content (AvgIpc) is 2.92. The van der Waals surface area contributed by atoms with Gasteiger partial charge in [-0.3, -0.25) is 4.79 Å². The van der Waals surface area contributed by atoms with E-state index in [-0.39, 0.29) is 12.5 Å². The summed E-state index contributed by atoms with van der Waals surface area (Å²) in [5, 5.41) is 11.9. The number of aromatic amines is 1. The molecule has 0 bridgehead atoms. The number of halogens is 1. The second-order valence-corrected chi connectivity index (χ2v) is 4.50. The van der Waals surface area contributed by atoms with Crippen LogP contribution in [0.4, 0.5) is 5.69 Å². The van der Waals surface area contributed by atoms with Crippen molar-refractivity contribution in [2.24, 2.45) is 0 Å². The zero-order valence-corrected chi connectivity index (χ0v) is 12.0. The third kappa shape index (κ3) is 3.78. The van der Waals surface area contributed by atoms with Crippen molar-refractivity contribution < 1.29 is 14.6 Å². The van der Waals surface area contributed by atoms with Crippen molar-refractivity contribution in [2.75, 3.05) is 19.0 Å². The van der Waals surface area contributed by atoms with Crippen molar-refractivity contribution in [3.8, 4) is 17.6 Å². The lowest BCUT2D eigenvalue weighted by molar-refractivity contribution is 0.102. The molecular formula is C15H13ClN2O3. The first-order chi connectivity index (χ1) is 10.1. The summed E-state index contributed by atoms with van der Waals surface area (Å²) >= 11 is 5.77. The van der Waals surface area contributed by atoms with Gasteiger partial charge in [0.15, 0.2) is 0 Å². The van der Waals surface area contributed by atoms with Crippen molar-refractivity contribution in [3.05, 3.63) is 46.7 Å². The number of hydrogen-bond donors (Lipinski definition) is 3. The summed E-state index contributed by atoms with van der Waals surface area (Å²) in [5.41, 5.74) is 1.48. The minimum atomic E-state index is -0.340. The summed E-state index contributed by atoms with van der Waals surface area (Å²) in [7, 11) is 1.51. The van der Waals surface area contributed by atoms with Gasteiger partial charge in [-0.25, -0.2) is 0 Å².